The van der Waals surface area contributed by atoms with Crippen LogP contribution < -0.4 is 0 Å². The van der Waals surface area contributed by atoms with Gasteiger partial charge >= 0.3 is 37.7 Å². The smallest absolute Gasteiger partial charge is 0.726 e. The van der Waals surface area contributed by atoms with Crippen LogP contribution in [-0.2, 0) is 29.2 Å². The van der Waals surface area contributed by atoms with Crippen molar-refractivity contribution >= 4 is 58.5 Å². The summed E-state index contributed by atoms with van der Waals surface area (Å²) in [5.41, 5.74) is 0. The van der Waals surface area contributed by atoms with Gasteiger partial charge in [0, 0.05) is 11.8 Å². The van der Waals surface area contributed by atoms with Gasteiger partial charge in [-0.25, -0.2) is 16.8 Å². The molecule has 83 heavy (non-hydrogen) atoms. The van der Waals surface area contributed by atoms with E-state index in [4.69, 9.17) is 0 Å². The minimum absolute atomic E-state index is 0. The standard InChI is InChI=1S/2C36H72O4S.Ca/c2*1-3-5-7-9-11-13-15-17-18-19-20-22-24-26-28-30-32-34-36(35-40-41(37,38)39)33-31-29-27-25-23-21-16-14-12-10-8-6-4-2;/h2*31,33,36H,3-30,32,34-35H2,1-2H3,(H,37,38,39);/q;;+2/p-2/b2*33-31+;. The predicted octanol–water partition coefficient (Wildman–Crippen LogP) is 24.4. The van der Waals surface area contributed by atoms with Crippen molar-refractivity contribution in [3.05, 3.63) is 24.3 Å². The Morgan fingerprint density at radius 2 is 0.422 bits per heavy atom. The molecule has 492 valence electrons. The molecule has 0 spiro atoms. The summed E-state index contributed by atoms with van der Waals surface area (Å²) >= 11 is 0. The summed E-state index contributed by atoms with van der Waals surface area (Å²) in [5.74, 6) is 0.0329. The summed E-state index contributed by atoms with van der Waals surface area (Å²) in [6, 6.07) is 0. The van der Waals surface area contributed by atoms with Crippen LogP contribution in [0.4, 0.5) is 0 Å². The maximum Gasteiger partial charge on any atom is 2.00 e. The molecule has 2 atom stereocenters. The number of rotatable bonds is 68. The molecule has 0 aromatic rings. The van der Waals surface area contributed by atoms with Gasteiger partial charge in [0.25, 0.3) is 0 Å². The quantitative estimate of drug-likeness (QED) is 0.0193. The molecule has 0 aromatic carbocycles. The third kappa shape index (κ3) is 82.5. The molecule has 0 radical (unpaired) electrons. The third-order valence-electron chi connectivity index (χ3n) is 17.0. The minimum atomic E-state index is -4.62. The minimum Gasteiger partial charge on any atom is -0.726 e. The fourth-order valence-electron chi connectivity index (χ4n) is 11.5. The number of unbranched alkanes of at least 4 members (excludes halogenated alkanes) is 54. The first-order valence-electron chi connectivity index (χ1n) is 36.5. The van der Waals surface area contributed by atoms with Gasteiger partial charge in [-0.15, -0.1) is 0 Å². The van der Waals surface area contributed by atoms with Crippen molar-refractivity contribution in [1.82, 2.24) is 0 Å². The SMILES string of the molecule is CCCCCCCCCCCCC/C=C/C(CCCCCCCCCCCCCCCCCCC)COS(=O)(=O)[O-].CCCCCCCCCCCCC/C=C/C(CCCCCCCCCCCCCCCCCCC)COS(=O)(=O)[O-].[Ca+2]. The molecule has 0 heterocycles. The van der Waals surface area contributed by atoms with E-state index in [9.17, 15) is 25.9 Å². The average molecular weight is 1240 g/mol. The van der Waals surface area contributed by atoms with Crippen molar-refractivity contribution in [2.24, 2.45) is 11.8 Å². The molecule has 0 saturated carbocycles. The zero-order valence-electron chi connectivity index (χ0n) is 56.1. The number of allylic oxidation sites excluding steroid dienone is 2. The molecule has 0 aliphatic rings. The second kappa shape index (κ2) is 73.2. The van der Waals surface area contributed by atoms with Gasteiger partial charge < -0.3 is 9.11 Å². The van der Waals surface area contributed by atoms with Gasteiger partial charge in [0.15, 0.2) is 0 Å². The molecule has 0 rings (SSSR count). The second-order valence-corrected chi connectivity index (χ2v) is 27.4. The molecule has 0 amide bonds. The molecule has 8 nitrogen and oxygen atoms in total. The maximum absolute atomic E-state index is 11.0. The van der Waals surface area contributed by atoms with Gasteiger partial charge in [-0.05, 0) is 38.5 Å². The second-order valence-electron chi connectivity index (χ2n) is 25.3. The fourth-order valence-corrected chi connectivity index (χ4v) is 12.2. The Hall–Kier alpha value is 0.480. The van der Waals surface area contributed by atoms with E-state index in [0.29, 0.717) is 0 Å². The molecule has 0 bridgehead atoms. The van der Waals surface area contributed by atoms with E-state index in [0.717, 1.165) is 38.5 Å². The maximum atomic E-state index is 11.0. The van der Waals surface area contributed by atoms with Crippen molar-refractivity contribution < 1.29 is 34.3 Å². The van der Waals surface area contributed by atoms with Crippen LogP contribution in [-0.4, -0.2) is 76.9 Å². The molecular formula is C72H142CaO8S2. The van der Waals surface area contributed by atoms with E-state index >= 15 is 0 Å². The van der Waals surface area contributed by atoms with Crippen molar-refractivity contribution in [2.45, 2.75) is 413 Å². The van der Waals surface area contributed by atoms with Crippen molar-refractivity contribution in [2.75, 3.05) is 13.2 Å². The van der Waals surface area contributed by atoms with Crippen molar-refractivity contribution in [1.29, 1.82) is 0 Å². The summed E-state index contributed by atoms with van der Waals surface area (Å²) in [4.78, 5) is 0. The Labute approximate surface area is 550 Å². The molecule has 0 N–H and O–H groups in total. The number of hydrogen-bond donors (Lipinski definition) is 0. The predicted molar refractivity (Wildman–Crippen MR) is 362 cm³/mol. The van der Waals surface area contributed by atoms with Crippen LogP contribution >= 0.6 is 0 Å². The molecule has 0 saturated heterocycles. The molecule has 0 aliphatic carbocycles. The van der Waals surface area contributed by atoms with E-state index in [2.05, 4.69) is 60.4 Å². The summed E-state index contributed by atoms with van der Waals surface area (Å²) in [5, 5.41) is 0. The Kier molecular flexibility index (Phi) is 77.3. The van der Waals surface area contributed by atoms with Gasteiger partial charge in [0.1, 0.15) is 0 Å². The topological polar surface area (TPSA) is 133 Å². The van der Waals surface area contributed by atoms with E-state index in [1.165, 1.54) is 347 Å². The third-order valence-corrected chi connectivity index (χ3v) is 17.8. The number of hydrogen-bond acceptors (Lipinski definition) is 8. The first-order chi connectivity index (χ1) is 40.0. The van der Waals surface area contributed by atoms with Crippen LogP contribution in [0.25, 0.3) is 0 Å². The first-order valence-corrected chi connectivity index (χ1v) is 39.2. The monoisotopic (exact) mass is 1240 g/mol. The molecule has 0 aliphatic heterocycles. The molecular weight excluding hydrogens is 1100 g/mol. The molecule has 11 heteroatoms. The van der Waals surface area contributed by atoms with Gasteiger partial charge in [-0.1, -0.05) is 399 Å². The average Bonchev–Trinajstić information content (AvgIpc) is 3.45. The summed E-state index contributed by atoms with van der Waals surface area (Å²) in [6.45, 7) is 9.06. The van der Waals surface area contributed by atoms with E-state index in [1.54, 1.807) is 0 Å². The molecule has 0 aromatic heterocycles. The van der Waals surface area contributed by atoms with Crippen molar-refractivity contribution in [3.8, 4) is 0 Å². The normalized spacial score (nSPS) is 12.8. The zero-order chi connectivity index (χ0) is 60.2. The van der Waals surface area contributed by atoms with Gasteiger partial charge in [0.05, 0.1) is 13.2 Å². The van der Waals surface area contributed by atoms with E-state index in [1.807, 2.05) is 0 Å². The van der Waals surface area contributed by atoms with Crippen LogP contribution in [0.1, 0.15) is 413 Å². The van der Waals surface area contributed by atoms with E-state index in [-0.39, 0.29) is 62.8 Å². The van der Waals surface area contributed by atoms with Crippen LogP contribution in [0, 0.1) is 11.8 Å². The fraction of sp³-hybridized carbons (Fsp3) is 0.944. The van der Waals surface area contributed by atoms with Gasteiger partial charge in [-0.3, -0.25) is 8.37 Å². The summed E-state index contributed by atoms with van der Waals surface area (Å²) in [6.07, 6.45) is 87.7. The Morgan fingerprint density at radius 3 is 0.590 bits per heavy atom. The molecule has 2 unspecified atom stereocenters. The van der Waals surface area contributed by atoms with E-state index < -0.39 is 20.8 Å². The Balaban J connectivity index is -0.00000152. The van der Waals surface area contributed by atoms with Crippen LogP contribution in [0.5, 0.6) is 0 Å². The van der Waals surface area contributed by atoms with Crippen LogP contribution in [0.15, 0.2) is 24.3 Å². The molecule has 0 fully saturated rings. The Bertz CT molecular complexity index is 1380. The van der Waals surface area contributed by atoms with Crippen molar-refractivity contribution in [3.63, 3.8) is 0 Å². The first kappa shape index (κ1) is 87.7. The van der Waals surface area contributed by atoms with Gasteiger partial charge in [-0.2, -0.15) is 0 Å². The zero-order valence-corrected chi connectivity index (χ0v) is 59.9. The van der Waals surface area contributed by atoms with Crippen LogP contribution in [0.3, 0.4) is 0 Å². The summed E-state index contributed by atoms with van der Waals surface area (Å²) < 4.78 is 74.9. The van der Waals surface area contributed by atoms with Gasteiger partial charge in [0.2, 0.25) is 20.8 Å². The largest absolute Gasteiger partial charge is 2.00 e. The van der Waals surface area contributed by atoms with Crippen LogP contribution in [0.2, 0.25) is 0 Å². The summed E-state index contributed by atoms with van der Waals surface area (Å²) in [7, 11) is -9.24. The Morgan fingerprint density at radius 1 is 0.265 bits per heavy atom.